The number of nitrogens with one attached hydrogen (secondary N) is 2. The van der Waals surface area contributed by atoms with Gasteiger partial charge in [0, 0.05) is 12.3 Å². The van der Waals surface area contributed by atoms with Crippen LogP contribution in [0.4, 0.5) is 11.6 Å². The minimum Gasteiger partial charge on any atom is -0.377 e. The van der Waals surface area contributed by atoms with Crippen molar-refractivity contribution in [3.8, 4) is 0 Å². The lowest BCUT2D eigenvalue weighted by Gasteiger charge is -2.15. The van der Waals surface area contributed by atoms with Crippen LogP contribution in [0.2, 0.25) is 0 Å². The fourth-order valence-electron chi connectivity index (χ4n) is 4.62. The molecule has 1 unspecified atom stereocenters. The number of rotatable bonds is 5. The molecule has 7 nitrogen and oxygen atoms in total. The summed E-state index contributed by atoms with van der Waals surface area (Å²) in [6, 6.07) is 2.37. The Morgan fingerprint density at radius 3 is 2.52 bits per heavy atom. The Kier molecular flexibility index (Phi) is 4.20. The number of hydrogen-bond donors (Lipinski definition) is 2. The van der Waals surface area contributed by atoms with Crippen LogP contribution in [0.1, 0.15) is 47.9 Å². The van der Waals surface area contributed by atoms with Gasteiger partial charge < -0.3 is 10.1 Å². The highest BCUT2D eigenvalue weighted by Gasteiger charge is 2.29. The molecular formula is C19H24N4O3S. The van der Waals surface area contributed by atoms with E-state index in [0.717, 1.165) is 44.2 Å². The summed E-state index contributed by atoms with van der Waals surface area (Å²) in [5.74, 6) is 0.343. The van der Waals surface area contributed by atoms with Crippen molar-refractivity contribution in [2.75, 3.05) is 17.7 Å². The summed E-state index contributed by atoms with van der Waals surface area (Å²) in [4.78, 5) is 4.25. The number of nitrogens with zero attached hydrogens (tertiary/aromatic N) is 2. The Hall–Kier alpha value is -1.93. The molecule has 8 heteroatoms. The second-order valence-corrected chi connectivity index (χ2v) is 9.67. The lowest BCUT2D eigenvalue weighted by atomic mass is 9.99. The number of anilines is 2. The van der Waals surface area contributed by atoms with Crippen molar-refractivity contribution in [3.05, 3.63) is 28.3 Å². The minimum atomic E-state index is -3.56. The summed E-state index contributed by atoms with van der Waals surface area (Å²) < 4.78 is 30.6. The highest BCUT2D eigenvalue weighted by atomic mass is 32.2. The standard InChI is InChI=1S/C19H24N4O3S/c24-27(25,11-14-6-3-9-26-14)19-21-18(22-23-19)20-17-15-7-1-4-12(15)10-13-5-2-8-16(13)17/h10,14H,1-9,11H2,(H2,20,21,22,23). The maximum atomic E-state index is 12.6. The van der Waals surface area contributed by atoms with Crippen molar-refractivity contribution in [2.24, 2.45) is 0 Å². The molecule has 1 atom stereocenters. The van der Waals surface area contributed by atoms with Gasteiger partial charge in [-0.05, 0) is 73.6 Å². The Morgan fingerprint density at radius 2 is 1.85 bits per heavy atom. The van der Waals surface area contributed by atoms with Gasteiger partial charge in [-0.1, -0.05) is 6.07 Å². The van der Waals surface area contributed by atoms with Gasteiger partial charge in [-0.3, -0.25) is 0 Å². The van der Waals surface area contributed by atoms with Crippen LogP contribution < -0.4 is 5.32 Å². The quantitative estimate of drug-likeness (QED) is 0.817. The van der Waals surface area contributed by atoms with E-state index < -0.39 is 9.84 Å². The number of sulfone groups is 1. The highest BCUT2D eigenvalue weighted by Crippen LogP contribution is 2.39. The molecule has 144 valence electrons. The van der Waals surface area contributed by atoms with Gasteiger partial charge in [0.25, 0.3) is 5.16 Å². The third-order valence-electron chi connectivity index (χ3n) is 5.89. The van der Waals surface area contributed by atoms with Crippen LogP contribution in [0.3, 0.4) is 0 Å². The zero-order valence-corrected chi connectivity index (χ0v) is 16.1. The zero-order chi connectivity index (χ0) is 18.4. The predicted molar refractivity (Wildman–Crippen MR) is 101 cm³/mol. The Balaban J connectivity index is 1.42. The molecule has 5 rings (SSSR count). The van der Waals surface area contributed by atoms with Crippen LogP contribution in [0.15, 0.2) is 11.2 Å². The lowest BCUT2D eigenvalue weighted by Crippen LogP contribution is -2.21. The molecule has 2 heterocycles. The molecule has 1 fully saturated rings. The van der Waals surface area contributed by atoms with Crippen molar-refractivity contribution in [1.82, 2.24) is 15.2 Å². The molecule has 2 aliphatic carbocycles. The smallest absolute Gasteiger partial charge is 0.268 e. The predicted octanol–water partition coefficient (Wildman–Crippen LogP) is 2.48. The van der Waals surface area contributed by atoms with Gasteiger partial charge in [0.05, 0.1) is 11.9 Å². The van der Waals surface area contributed by atoms with Crippen LogP contribution >= 0.6 is 0 Å². The molecule has 0 spiro atoms. The number of fused-ring (bicyclic) bond motifs is 2. The SMILES string of the molecule is O=S(=O)(CC1CCCO1)c1n[nH]c(Nc2c3c(cc4c2CCC4)CCC3)n1. The first kappa shape index (κ1) is 17.2. The first-order valence-corrected chi connectivity index (χ1v) is 11.5. The van der Waals surface area contributed by atoms with Crippen molar-refractivity contribution in [1.29, 1.82) is 0 Å². The third-order valence-corrected chi connectivity index (χ3v) is 7.44. The van der Waals surface area contributed by atoms with Crippen molar-refractivity contribution in [3.63, 3.8) is 0 Å². The maximum Gasteiger partial charge on any atom is 0.268 e. The Morgan fingerprint density at radius 1 is 1.11 bits per heavy atom. The van der Waals surface area contributed by atoms with E-state index in [-0.39, 0.29) is 17.0 Å². The van der Waals surface area contributed by atoms with Crippen molar-refractivity contribution >= 4 is 21.5 Å². The summed E-state index contributed by atoms with van der Waals surface area (Å²) in [5, 5.41) is 9.96. The molecule has 1 aliphatic heterocycles. The highest BCUT2D eigenvalue weighted by molar-refractivity contribution is 7.91. The average molecular weight is 388 g/mol. The monoisotopic (exact) mass is 388 g/mol. The molecule has 2 aromatic rings. The second kappa shape index (κ2) is 6.60. The first-order valence-electron chi connectivity index (χ1n) is 9.80. The molecule has 0 amide bonds. The molecule has 0 radical (unpaired) electrons. The molecule has 3 aliphatic rings. The van der Waals surface area contributed by atoms with Crippen LogP contribution in [-0.2, 0) is 40.3 Å². The number of aryl methyl sites for hydroxylation is 2. The molecule has 1 saturated heterocycles. The van der Waals surface area contributed by atoms with E-state index in [4.69, 9.17) is 4.74 Å². The van der Waals surface area contributed by atoms with E-state index in [0.29, 0.717) is 12.6 Å². The zero-order valence-electron chi connectivity index (χ0n) is 15.3. The van der Waals surface area contributed by atoms with Gasteiger partial charge in [-0.15, -0.1) is 5.10 Å². The normalized spacial score (nSPS) is 21.4. The van der Waals surface area contributed by atoms with Crippen molar-refractivity contribution in [2.45, 2.75) is 62.6 Å². The fourth-order valence-corrected chi connectivity index (χ4v) is 5.94. The van der Waals surface area contributed by atoms with Crippen LogP contribution in [-0.4, -0.2) is 42.1 Å². The van der Waals surface area contributed by atoms with Crippen molar-refractivity contribution < 1.29 is 13.2 Å². The molecule has 1 aromatic carbocycles. The van der Waals surface area contributed by atoms with Gasteiger partial charge in [-0.25, -0.2) is 13.5 Å². The maximum absolute atomic E-state index is 12.6. The Labute approximate surface area is 158 Å². The Bertz CT molecular complexity index is 945. The van der Waals surface area contributed by atoms with Gasteiger partial charge in [0.15, 0.2) is 0 Å². The van der Waals surface area contributed by atoms with E-state index in [1.807, 2.05) is 0 Å². The molecule has 27 heavy (non-hydrogen) atoms. The second-order valence-electron chi connectivity index (χ2n) is 7.74. The van der Waals surface area contributed by atoms with Crippen LogP contribution in [0, 0.1) is 0 Å². The average Bonchev–Trinajstić information content (AvgIpc) is 3.41. The summed E-state index contributed by atoms with van der Waals surface area (Å²) in [6.07, 6.45) is 8.14. The van der Waals surface area contributed by atoms with Crippen LogP contribution in [0.25, 0.3) is 0 Å². The number of aromatic nitrogens is 3. The topological polar surface area (TPSA) is 97.0 Å². The fraction of sp³-hybridized carbons (Fsp3) is 0.579. The number of aromatic amines is 1. The summed E-state index contributed by atoms with van der Waals surface area (Å²) in [6.45, 7) is 0.630. The lowest BCUT2D eigenvalue weighted by molar-refractivity contribution is 0.127. The van der Waals surface area contributed by atoms with E-state index in [1.54, 1.807) is 0 Å². The van der Waals surface area contributed by atoms with E-state index in [9.17, 15) is 8.42 Å². The number of hydrogen-bond acceptors (Lipinski definition) is 6. The molecular weight excluding hydrogens is 364 g/mol. The molecule has 1 aromatic heterocycles. The van der Waals surface area contributed by atoms with Crippen LogP contribution in [0.5, 0.6) is 0 Å². The molecule has 0 bridgehead atoms. The third kappa shape index (κ3) is 3.14. The summed E-state index contributed by atoms with van der Waals surface area (Å²) in [5.41, 5.74) is 6.68. The van der Waals surface area contributed by atoms with Gasteiger partial charge in [-0.2, -0.15) is 4.98 Å². The van der Waals surface area contributed by atoms with E-state index in [2.05, 4.69) is 26.6 Å². The van der Waals surface area contributed by atoms with E-state index >= 15 is 0 Å². The minimum absolute atomic E-state index is 0.0551. The van der Waals surface area contributed by atoms with E-state index in [1.165, 1.54) is 35.1 Å². The number of benzene rings is 1. The number of ether oxygens (including phenoxy) is 1. The van der Waals surface area contributed by atoms with Gasteiger partial charge in [0.2, 0.25) is 15.8 Å². The summed E-state index contributed by atoms with van der Waals surface area (Å²) >= 11 is 0. The van der Waals surface area contributed by atoms with Gasteiger partial charge >= 0.3 is 0 Å². The largest absolute Gasteiger partial charge is 0.377 e. The summed E-state index contributed by atoms with van der Waals surface area (Å²) in [7, 11) is -3.56. The first-order chi connectivity index (χ1) is 13.1. The van der Waals surface area contributed by atoms with Gasteiger partial charge in [0.1, 0.15) is 0 Å². The molecule has 2 N–H and O–H groups in total. The number of H-pyrrole nitrogens is 1. The molecule has 0 saturated carbocycles.